The predicted molar refractivity (Wildman–Crippen MR) is 80.0 cm³/mol. The van der Waals surface area contributed by atoms with E-state index in [4.69, 9.17) is 5.11 Å². The van der Waals surface area contributed by atoms with Gasteiger partial charge in [-0.1, -0.05) is 6.42 Å². The summed E-state index contributed by atoms with van der Waals surface area (Å²) in [7, 11) is 1.73. The van der Waals surface area contributed by atoms with E-state index in [0.717, 1.165) is 31.4 Å². The summed E-state index contributed by atoms with van der Waals surface area (Å²) in [5.41, 5.74) is -0.198. The van der Waals surface area contributed by atoms with Crippen LogP contribution >= 0.6 is 0 Å². The summed E-state index contributed by atoms with van der Waals surface area (Å²) >= 11 is 0. The third-order valence-electron chi connectivity index (χ3n) is 4.07. The molecule has 0 bridgehead atoms. The van der Waals surface area contributed by atoms with Crippen LogP contribution in [0.3, 0.4) is 0 Å². The summed E-state index contributed by atoms with van der Waals surface area (Å²) < 4.78 is 26.4. The zero-order chi connectivity index (χ0) is 17.0. The zero-order valence-electron chi connectivity index (χ0n) is 12.9. The highest BCUT2D eigenvalue weighted by molar-refractivity contribution is 5.94. The lowest BCUT2D eigenvalue weighted by Crippen LogP contribution is -2.37. The van der Waals surface area contributed by atoms with Gasteiger partial charge in [0.05, 0.1) is 0 Å². The molecular weight excluding hydrogens is 306 g/mol. The highest BCUT2D eigenvalue weighted by Crippen LogP contribution is 2.27. The van der Waals surface area contributed by atoms with Crippen LogP contribution in [0.4, 0.5) is 8.78 Å². The lowest BCUT2D eigenvalue weighted by molar-refractivity contribution is -0.136. The Kier molecular flexibility index (Phi) is 5.52. The monoisotopic (exact) mass is 326 g/mol. The Morgan fingerprint density at radius 3 is 2.43 bits per heavy atom. The Morgan fingerprint density at radius 2 is 1.91 bits per heavy atom. The van der Waals surface area contributed by atoms with E-state index >= 15 is 0 Å². The molecule has 0 spiro atoms. The number of phenols is 1. The number of hydrogen-bond donors (Lipinski definition) is 2. The standard InChI is InChI=1S/C16H20F2N2O3/c1-20(16(23)10-4-2-5-10)7-3-6-19-15(22)11-8-12(17)14(21)13(18)9-11/h8-10,21H,2-7H2,1H3,(H,19,22). The Bertz CT molecular complexity index is 580. The Labute approximate surface area is 133 Å². The first-order valence-electron chi connectivity index (χ1n) is 7.61. The van der Waals surface area contributed by atoms with Crippen LogP contribution in [0.1, 0.15) is 36.0 Å². The normalized spacial score (nSPS) is 14.2. The summed E-state index contributed by atoms with van der Waals surface area (Å²) in [4.78, 5) is 25.4. The van der Waals surface area contributed by atoms with E-state index in [-0.39, 0.29) is 23.9 Å². The smallest absolute Gasteiger partial charge is 0.251 e. The van der Waals surface area contributed by atoms with Crippen LogP contribution in [0.15, 0.2) is 12.1 Å². The predicted octanol–water partition coefficient (Wildman–Crippen LogP) is 2.05. The van der Waals surface area contributed by atoms with Gasteiger partial charge in [-0.05, 0) is 31.4 Å². The Morgan fingerprint density at radius 1 is 1.30 bits per heavy atom. The summed E-state index contributed by atoms with van der Waals surface area (Å²) in [6.07, 6.45) is 3.53. The summed E-state index contributed by atoms with van der Waals surface area (Å²) in [6.45, 7) is 0.791. The van der Waals surface area contributed by atoms with Gasteiger partial charge in [0.15, 0.2) is 17.4 Å². The van der Waals surface area contributed by atoms with Crippen LogP contribution in [-0.2, 0) is 4.79 Å². The number of nitrogens with zero attached hydrogens (tertiary/aromatic N) is 1. The van der Waals surface area contributed by atoms with Gasteiger partial charge < -0.3 is 15.3 Å². The number of amides is 2. The molecule has 1 aliphatic carbocycles. The van der Waals surface area contributed by atoms with Crippen molar-refractivity contribution in [1.29, 1.82) is 0 Å². The molecule has 1 aromatic carbocycles. The molecule has 2 rings (SSSR count). The van der Waals surface area contributed by atoms with Crippen LogP contribution in [0.5, 0.6) is 5.75 Å². The fraction of sp³-hybridized carbons (Fsp3) is 0.500. The summed E-state index contributed by atoms with van der Waals surface area (Å²) in [6, 6.07) is 1.56. The van der Waals surface area contributed by atoms with Gasteiger partial charge >= 0.3 is 0 Å². The molecule has 1 aliphatic rings. The van der Waals surface area contributed by atoms with E-state index in [0.29, 0.717) is 13.0 Å². The van der Waals surface area contributed by atoms with Crippen molar-refractivity contribution in [2.75, 3.05) is 20.1 Å². The second kappa shape index (κ2) is 7.39. The lowest BCUT2D eigenvalue weighted by atomic mass is 9.84. The number of halogens is 2. The largest absolute Gasteiger partial charge is 0.503 e. The number of rotatable bonds is 6. The van der Waals surface area contributed by atoms with Crippen molar-refractivity contribution in [3.05, 3.63) is 29.3 Å². The maximum Gasteiger partial charge on any atom is 0.251 e. The third kappa shape index (κ3) is 4.18. The number of benzene rings is 1. The topological polar surface area (TPSA) is 69.6 Å². The molecule has 126 valence electrons. The van der Waals surface area contributed by atoms with E-state index in [1.54, 1.807) is 11.9 Å². The number of nitrogens with one attached hydrogen (secondary N) is 1. The molecule has 7 heteroatoms. The first-order chi connectivity index (χ1) is 10.9. The minimum Gasteiger partial charge on any atom is -0.503 e. The average Bonchev–Trinajstić information content (AvgIpc) is 2.46. The van der Waals surface area contributed by atoms with Crippen LogP contribution in [0, 0.1) is 17.6 Å². The third-order valence-corrected chi connectivity index (χ3v) is 4.07. The minimum atomic E-state index is -1.18. The molecule has 0 aromatic heterocycles. The molecule has 0 heterocycles. The van der Waals surface area contributed by atoms with Crippen molar-refractivity contribution in [2.24, 2.45) is 5.92 Å². The van der Waals surface area contributed by atoms with Crippen molar-refractivity contribution in [3.8, 4) is 5.75 Å². The van der Waals surface area contributed by atoms with E-state index in [9.17, 15) is 18.4 Å². The lowest BCUT2D eigenvalue weighted by Gasteiger charge is -2.29. The number of aromatic hydroxyl groups is 1. The van der Waals surface area contributed by atoms with Gasteiger partial charge in [0.25, 0.3) is 5.91 Å². The molecule has 0 radical (unpaired) electrons. The Hall–Kier alpha value is -2.18. The molecule has 1 fully saturated rings. The zero-order valence-corrected chi connectivity index (χ0v) is 12.9. The van der Waals surface area contributed by atoms with Crippen LogP contribution < -0.4 is 5.32 Å². The van der Waals surface area contributed by atoms with Gasteiger partial charge in [-0.2, -0.15) is 0 Å². The van der Waals surface area contributed by atoms with Gasteiger partial charge in [0.2, 0.25) is 5.91 Å². The van der Waals surface area contributed by atoms with Crippen molar-refractivity contribution >= 4 is 11.8 Å². The second-order valence-corrected chi connectivity index (χ2v) is 5.79. The first kappa shape index (κ1) is 17.2. The number of carbonyl (C=O) groups is 2. The molecule has 1 aromatic rings. The molecule has 23 heavy (non-hydrogen) atoms. The maximum absolute atomic E-state index is 13.2. The molecule has 0 aliphatic heterocycles. The average molecular weight is 326 g/mol. The fourth-order valence-corrected chi connectivity index (χ4v) is 2.39. The summed E-state index contributed by atoms with van der Waals surface area (Å²) in [5, 5.41) is 11.5. The molecule has 2 amide bonds. The minimum absolute atomic E-state index is 0.130. The van der Waals surface area contributed by atoms with Crippen molar-refractivity contribution < 1.29 is 23.5 Å². The van der Waals surface area contributed by atoms with E-state index in [1.165, 1.54) is 0 Å². The molecular formula is C16H20F2N2O3. The second-order valence-electron chi connectivity index (χ2n) is 5.79. The molecule has 2 N–H and O–H groups in total. The van der Waals surface area contributed by atoms with Crippen molar-refractivity contribution in [1.82, 2.24) is 10.2 Å². The van der Waals surface area contributed by atoms with Crippen molar-refractivity contribution in [3.63, 3.8) is 0 Å². The van der Waals surface area contributed by atoms with Gasteiger partial charge in [-0.3, -0.25) is 9.59 Å². The fourth-order valence-electron chi connectivity index (χ4n) is 2.39. The van der Waals surface area contributed by atoms with Gasteiger partial charge in [-0.15, -0.1) is 0 Å². The van der Waals surface area contributed by atoms with Crippen LogP contribution in [-0.4, -0.2) is 42.0 Å². The van der Waals surface area contributed by atoms with Crippen LogP contribution in [0.25, 0.3) is 0 Å². The highest BCUT2D eigenvalue weighted by atomic mass is 19.1. The maximum atomic E-state index is 13.2. The quantitative estimate of drug-likeness (QED) is 0.786. The number of carbonyl (C=O) groups excluding carboxylic acids is 2. The molecule has 0 atom stereocenters. The molecule has 0 saturated heterocycles. The molecule has 1 saturated carbocycles. The van der Waals surface area contributed by atoms with E-state index < -0.39 is 23.3 Å². The molecule has 5 nitrogen and oxygen atoms in total. The summed E-state index contributed by atoms with van der Waals surface area (Å²) in [5.74, 6) is -3.82. The van der Waals surface area contributed by atoms with Crippen molar-refractivity contribution in [2.45, 2.75) is 25.7 Å². The Balaban J connectivity index is 1.75. The van der Waals surface area contributed by atoms with Gasteiger partial charge in [-0.25, -0.2) is 8.78 Å². The first-order valence-corrected chi connectivity index (χ1v) is 7.61. The van der Waals surface area contributed by atoms with Gasteiger partial charge in [0, 0.05) is 31.6 Å². The van der Waals surface area contributed by atoms with E-state index in [2.05, 4.69) is 5.32 Å². The van der Waals surface area contributed by atoms with Gasteiger partial charge in [0.1, 0.15) is 0 Å². The van der Waals surface area contributed by atoms with Crippen LogP contribution in [0.2, 0.25) is 0 Å². The van der Waals surface area contributed by atoms with E-state index in [1.807, 2.05) is 0 Å². The number of hydrogen-bond acceptors (Lipinski definition) is 3. The number of phenolic OH excluding ortho intramolecular Hbond substituents is 1. The molecule has 0 unspecified atom stereocenters. The highest BCUT2D eigenvalue weighted by Gasteiger charge is 2.27. The SMILES string of the molecule is CN(CCCNC(=O)c1cc(F)c(O)c(F)c1)C(=O)C1CCC1.